The maximum atomic E-state index is 12.3. The van der Waals surface area contributed by atoms with Gasteiger partial charge in [0, 0.05) is 11.4 Å². The Balaban J connectivity index is 2.51. The fourth-order valence-electron chi connectivity index (χ4n) is 1.66. The van der Waals surface area contributed by atoms with E-state index in [0.717, 1.165) is 0 Å². The molecule has 0 aliphatic rings. The van der Waals surface area contributed by atoms with Gasteiger partial charge in [0.15, 0.2) is 5.75 Å². The first-order chi connectivity index (χ1) is 8.87. The minimum absolute atomic E-state index is 0.102. The van der Waals surface area contributed by atoms with Crippen molar-refractivity contribution in [3.8, 4) is 5.75 Å². The molecule has 1 heterocycles. The summed E-state index contributed by atoms with van der Waals surface area (Å²) >= 11 is 0. The van der Waals surface area contributed by atoms with E-state index in [-0.39, 0.29) is 17.3 Å². The molecule has 4 nitrogen and oxygen atoms in total. The van der Waals surface area contributed by atoms with Gasteiger partial charge in [0.25, 0.3) is 0 Å². The quantitative estimate of drug-likeness (QED) is 0.930. The first-order valence-electron chi connectivity index (χ1n) is 5.63. The van der Waals surface area contributed by atoms with E-state index in [1.807, 2.05) is 13.8 Å². The topological polar surface area (TPSA) is 47.0 Å². The molecule has 1 N–H and O–H groups in total. The lowest BCUT2D eigenvalue weighted by Crippen LogP contribution is -2.17. The number of fused-ring (bicyclic) bond motifs is 1. The number of ether oxygens (including phenoxy) is 1. The van der Waals surface area contributed by atoms with E-state index in [0.29, 0.717) is 11.2 Å². The van der Waals surface area contributed by atoms with E-state index in [2.05, 4.69) is 20.0 Å². The fourth-order valence-corrected chi connectivity index (χ4v) is 1.66. The van der Waals surface area contributed by atoms with E-state index in [4.69, 9.17) is 0 Å². The molecule has 0 aliphatic carbocycles. The predicted molar refractivity (Wildman–Crippen MR) is 65.0 cm³/mol. The van der Waals surface area contributed by atoms with Crippen LogP contribution in [0.15, 0.2) is 24.5 Å². The van der Waals surface area contributed by atoms with Gasteiger partial charge >= 0.3 is 6.36 Å². The Morgan fingerprint density at radius 3 is 2.58 bits per heavy atom. The second-order valence-electron chi connectivity index (χ2n) is 4.22. The first-order valence-corrected chi connectivity index (χ1v) is 5.63. The summed E-state index contributed by atoms with van der Waals surface area (Å²) in [5.74, 6) is 0.145. The molecule has 1 aromatic carbocycles. The van der Waals surface area contributed by atoms with Crippen molar-refractivity contribution in [3.63, 3.8) is 0 Å². The second kappa shape index (κ2) is 4.91. The largest absolute Gasteiger partial charge is 0.573 e. The van der Waals surface area contributed by atoms with Crippen molar-refractivity contribution in [2.45, 2.75) is 26.3 Å². The molecule has 0 saturated heterocycles. The zero-order valence-corrected chi connectivity index (χ0v) is 10.3. The summed E-state index contributed by atoms with van der Waals surface area (Å²) in [5.41, 5.74) is 0.123. The summed E-state index contributed by atoms with van der Waals surface area (Å²) in [6, 6.07) is 4.44. The lowest BCUT2D eigenvalue weighted by molar-refractivity contribution is -0.274. The van der Waals surface area contributed by atoms with Crippen LogP contribution >= 0.6 is 0 Å². The van der Waals surface area contributed by atoms with Crippen LogP contribution in [0.2, 0.25) is 0 Å². The van der Waals surface area contributed by atoms with Gasteiger partial charge in [0.05, 0.1) is 0 Å². The standard InChI is InChI=1S/C12H12F3N3O/c1-7(2)18-11-8-4-3-5-9(19-12(13,14)15)10(8)16-6-17-11/h3-7H,1-2H3,(H,16,17,18). The van der Waals surface area contributed by atoms with Crippen molar-refractivity contribution in [3.05, 3.63) is 24.5 Å². The van der Waals surface area contributed by atoms with E-state index in [9.17, 15) is 13.2 Å². The van der Waals surface area contributed by atoms with Crippen molar-refractivity contribution < 1.29 is 17.9 Å². The summed E-state index contributed by atoms with van der Waals surface area (Å²) in [7, 11) is 0. The van der Waals surface area contributed by atoms with Crippen LogP contribution in [0.1, 0.15) is 13.8 Å². The molecule has 0 aliphatic heterocycles. The Kier molecular flexibility index (Phi) is 3.46. The van der Waals surface area contributed by atoms with Crippen molar-refractivity contribution >= 4 is 16.7 Å². The molecular formula is C12H12F3N3O. The van der Waals surface area contributed by atoms with Gasteiger partial charge in [0.2, 0.25) is 0 Å². The molecule has 19 heavy (non-hydrogen) atoms. The van der Waals surface area contributed by atoms with Crippen molar-refractivity contribution in [2.75, 3.05) is 5.32 Å². The number of aromatic nitrogens is 2. The Labute approximate surface area is 107 Å². The van der Waals surface area contributed by atoms with E-state index in [1.54, 1.807) is 6.07 Å². The summed E-state index contributed by atoms with van der Waals surface area (Å²) in [5, 5.41) is 3.53. The Hall–Kier alpha value is -2.05. The lowest BCUT2D eigenvalue weighted by Gasteiger charge is -2.14. The smallest absolute Gasteiger partial charge is 0.403 e. The number of hydrogen-bond acceptors (Lipinski definition) is 4. The van der Waals surface area contributed by atoms with Crippen LogP contribution in [0.3, 0.4) is 0 Å². The molecule has 0 amide bonds. The lowest BCUT2D eigenvalue weighted by atomic mass is 10.2. The zero-order chi connectivity index (χ0) is 14.0. The molecule has 0 radical (unpaired) electrons. The van der Waals surface area contributed by atoms with E-state index in [1.165, 1.54) is 18.5 Å². The molecule has 2 aromatic rings. The highest BCUT2D eigenvalue weighted by Crippen LogP contribution is 2.31. The Morgan fingerprint density at radius 2 is 1.95 bits per heavy atom. The van der Waals surface area contributed by atoms with Crippen LogP contribution in [-0.2, 0) is 0 Å². The van der Waals surface area contributed by atoms with Gasteiger partial charge in [-0.15, -0.1) is 13.2 Å². The second-order valence-corrected chi connectivity index (χ2v) is 4.22. The molecule has 0 atom stereocenters. The molecule has 0 saturated carbocycles. The van der Waals surface area contributed by atoms with Crippen LogP contribution in [0, 0.1) is 0 Å². The van der Waals surface area contributed by atoms with E-state index >= 15 is 0 Å². The van der Waals surface area contributed by atoms with Gasteiger partial charge in [-0.05, 0) is 26.0 Å². The fraction of sp³-hybridized carbons (Fsp3) is 0.333. The van der Waals surface area contributed by atoms with Crippen LogP contribution in [0.5, 0.6) is 5.75 Å². The monoisotopic (exact) mass is 271 g/mol. The molecule has 7 heteroatoms. The molecule has 1 aromatic heterocycles. The third-order valence-electron chi connectivity index (χ3n) is 2.28. The van der Waals surface area contributed by atoms with Gasteiger partial charge in [-0.2, -0.15) is 0 Å². The summed E-state index contributed by atoms with van der Waals surface area (Å²) in [6.45, 7) is 3.81. The highest BCUT2D eigenvalue weighted by molar-refractivity contribution is 5.92. The van der Waals surface area contributed by atoms with Crippen LogP contribution in [0.25, 0.3) is 10.9 Å². The van der Waals surface area contributed by atoms with Crippen molar-refractivity contribution in [1.82, 2.24) is 9.97 Å². The molecule has 0 fully saturated rings. The van der Waals surface area contributed by atoms with Gasteiger partial charge in [-0.25, -0.2) is 9.97 Å². The van der Waals surface area contributed by atoms with Gasteiger partial charge in [-0.3, -0.25) is 0 Å². The van der Waals surface area contributed by atoms with Crippen LogP contribution in [-0.4, -0.2) is 22.4 Å². The number of halogens is 3. The minimum Gasteiger partial charge on any atom is -0.403 e. The van der Waals surface area contributed by atoms with Gasteiger partial charge in [0.1, 0.15) is 17.7 Å². The Morgan fingerprint density at radius 1 is 1.21 bits per heavy atom. The van der Waals surface area contributed by atoms with Crippen LogP contribution in [0.4, 0.5) is 19.0 Å². The summed E-state index contributed by atoms with van der Waals surface area (Å²) in [4.78, 5) is 7.88. The number of alkyl halides is 3. The SMILES string of the molecule is CC(C)Nc1ncnc2c(OC(F)(F)F)cccc12. The summed E-state index contributed by atoms with van der Waals surface area (Å²) < 4.78 is 40.9. The molecule has 0 unspecified atom stereocenters. The average Bonchev–Trinajstić information content (AvgIpc) is 2.27. The third-order valence-corrected chi connectivity index (χ3v) is 2.28. The highest BCUT2D eigenvalue weighted by Gasteiger charge is 2.32. The van der Waals surface area contributed by atoms with Crippen molar-refractivity contribution in [2.24, 2.45) is 0 Å². The molecule has 102 valence electrons. The summed E-state index contributed by atoms with van der Waals surface area (Å²) in [6.07, 6.45) is -3.54. The third kappa shape index (κ3) is 3.24. The number of hydrogen-bond donors (Lipinski definition) is 1. The number of nitrogens with one attached hydrogen (secondary N) is 1. The zero-order valence-electron chi connectivity index (χ0n) is 10.3. The molecule has 0 bridgehead atoms. The van der Waals surface area contributed by atoms with Crippen LogP contribution < -0.4 is 10.1 Å². The highest BCUT2D eigenvalue weighted by atomic mass is 19.4. The molecular weight excluding hydrogens is 259 g/mol. The number of nitrogens with zero attached hydrogens (tertiary/aromatic N) is 2. The molecule has 0 spiro atoms. The Bertz CT molecular complexity index is 584. The first kappa shape index (κ1) is 13.4. The maximum absolute atomic E-state index is 12.3. The molecule has 2 rings (SSSR count). The normalized spacial score (nSPS) is 11.9. The van der Waals surface area contributed by atoms with Gasteiger partial charge < -0.3 is 10.1 Å². The number of benzene rings is 1. The minimum atomic E-state index is -4.75. The van der Waals surface area contributed by atoms with E-state index < -0.39 is 6.36 Å². The number of anilines is 1. The maximum Gasteiger partial charge on any atom is 0.573 e. The van der Waals surface area contributed by atoms with Crippen molar-refractivity contribution in [1.29, 1.82) is 0 Å². The predicted octanol–water partition coefficient (Wildman–Crippen LogP) is 3.35. The van der Waals surface area contributed by atoms with Gasteiger partial charge in [-0.1, -0.05) is 6.07 Å². The number of para-hydroxylation sites is 1. The average molecular weight is 271 g/mol. The number of rotatable bonds is 3.